The van der Waals surface area contributed by atoms with E-state index in [9.17, 15) is 9.18 Å². The summed E-state index contributed by atoms with van der Waals surface area (Å²) < 4.78 is 13.9. The van der Waals surface area contributed by atoms with Gasteiger partial charge in [-0.25, -0.2) is 9.37 Å². The number of carbonyl (C=O) groups is 1. The Kier molecular flexibility index (Phi) is 4.06. The number of para-hydroxylation sites is 2. The predicted octanol–water partition coefficient (Wildman–Crippen LogP) is 3.34. The molecule has 1 amide bonds. The normalized spacial score (nSPS) is 14.8. The fourth-order valence-corrected chi connectivity index (χ4v) is 3.21. The molecule has 1 aromatic heterocycles. The molecule has 5 heteroatoms. The van der Waals surface area contributed by atoms with E-state index >= 15 is 0 Å². The van der Waals surface area contributed by atoms with Gasteiger partial charge in [-0.15, -0.1) is 0 Å². The Morgan fingerprint density at radius 2 is 1.60 bits per heavy atom. The highest BCUT2D eigenvalue weighted by molar-refractivity contribution is 5.95. The summed E-state index contributed by atoms with van der Waals surface area (Å²) in [5.41, 5.74) is 1.87. The molecule has 0 spiro atoms. The van der Waals surface area contributed by atoms with Crippen LogP contribution in [0.15, 0.2) is 60.7 Å². The van der Waals surface area contributed by atoms with Gasteiger partial charge >= 0.3 is 0 Å². The molecule has 2 aromatic carbocycles. The van der Waals surface area contributed by atoms with E-state index in [2.05, 4.69) is 4.98 Å². The molecule has 2 heterocycles. The van der Waals surface area contributed by atoms with Gasteiger partial charge in [-0.2, -0.15) is 0 Å². The Morgan fingerprint density at radius 3 is 2.40 bits per heavy atom. The number of amides is 1. The van der Waals surface area contributed by atoms with Gasteiger partial charge in [0, 0.05) is 31.6 Å². The SMILES string of the molecule is O=C(c1ccc2ccccc2n1)N1CCN(c2ccccc2F)CC1. The summed E-state index contributed by atoms with van der Waals surface area (Å²) in [5.74, 6) is -0.294. The molecule has 0 aliphatic carbocycles. The van der Waals surface area contributed by atoms with E-state index in [1.807, 2.05) is 41.3 Å². The van der Waals surface area contributed by atoms with Crippen molar-refractivity contribution in [1.29, 1.82) is 0 Å². The van der Waals surface area contributed by atoms with Crippen LogP contribution in [-0.4, -0.2) is 42.0 Å². The lowest BCUT2D eigenvalue weighted by Gasteiger charge is -2.36. The van der Waals surface area contributed by atoms with Crippen LogP contribution in [-0.2, 0) is 0 Å². The molecule has 1 saturated heterocycles. The molecule has 0 N–H and O–H groups in total. The van der Waals surface area contributed by atoms with Crippen LogP contribution in [0.5, 0.6) is 0 Å². The largest absolute Gasteiger partial charge is 0.366 e. The minimum Gasteiger partial charge on any atom is -0.366 e. The highest BCUT2D eigenvalue weighted by Gasteiger charge is 2.24. The average molecular weight is 335 g/mol. The first-order chi connectivity index (χ1) is 12.2. The number of halogens is 1. The van der Waals surface area contributed by atoms with Gasteiger partial charge in [0.25, 0.3) is 5.91 Å². The Bertz CT molecular complexity index is 919. The monoisotopic (exact) mass is 335 g/mol. The molecule has 1 aliphatic rings. The topological polar surface area (TPSA) is 36.4 Å². The van der Waals surface area contributed by atoms with Crippen LogP contribution in [0.3, 0.4) is 0 Å². The molecule has 25 heavy (non-hydrogen) atoms. The van der Waals surface area contributed by atoms with E-state index < -0.39 is 0 Å². The van der Waals surface area contributed by atoms with Crippen LogP contribution < -0.4 is 4.90 Å². The number of aromatic nitrogens is 1. The average Bonchev–Trinajstić information content (AvgIpc) is 2.67. The molecular weight excluding hydrogens is 317 g/mol. The quantitative estimate of drug-likeness (QED) is 0.721. The Morgan fingerprint density at radius 1 is 0.880 bits per heavy atom. The van der Waals surface area contributed by atoms with Crippen molar-refractivity contribution in [3.8, 4) is 0 Å². The fourth-order valence-electron chi connectivity index (χ4n) is 3.21. The van der Waals surface area contributed by atoms with Crippen molar-refractivity contribution in [1.82, 2.24) is 9.88 Å². The van der Waals surface area contributed by atoms with E-state index in [0.29, 0.717) is 37.6 Å². The maximum Gasteiger partial charge on any atom is 0.272 e. The predicted molar refractivity (Wildman–Crippen MR) is 96.3 cm³/mol. The summed E-state index contributed by atoms with van der Waals surface area (Å²) in [4.78, 5) is 21.0. The molecule has 1 fully saturated rings. The Balaban J connectivity index is 1.48. The second kappa shape index (κ2) is 6.51. The van der Waals surface area contributed by atoms with Gasteiger partial charge in [0.15, 0.2) is 0 Å². The first-order valence-electron chi connectivity index (χ1n) is 8.37. The van der Waals surface area contributed by atoms with Crippen molar-refractivity contribution >= 4 is 22.5 Å². The summed E-state index contributed by atoms with van der Waals surface area (Å²) in [7, 11) is 0. The van der Waals surface area contributed by atoms with Gasteiger partial charge in [0.05, 0.1) is 11.2 Å². The number of benzene rings is 2. The van der Waals surface area contributed by atoms with Gasteiger partial charge in [0.2, 0.25) is 0 Å². The van der Waals surface area contributed by atoms with Crippen molar-refractivity contribution in [3.63, 3.8) is 0 Å². The number of carbonyl (C=O) groups excluding carboxylic acids is 1. The Hall–Kier alpha value is -2.95. The first-order valence-corrected chi connectivity index (χ1v) is 8.37. The third-order valence-corrected chi connectivity index (χ3v) is 4.58. The second-order valence-corrected chi connectivity index (χ2v) is 6.12. The summed E-state index contributed by atoms with van der Waals surface area (Å²) in [6.07, 6.45) is 0. The molecule has 3 aromatic rings. The second-order valence-electron chi connectivity index (χ2n) is 6.12. The maximum atomic E-state index is 13.9. The Labute approximate surface area is 145 Å². The van der Waals surface area contributed by atoms with E-state index in [0.717, 1.165) is 10.9 Å². The number of anilines is 1. The number of fused-ring (bicyclic) bond motifs is 1. The van der Waals surface area contributed by atoms with Gasteiger partial charge < -0.3 is 9.80 Å². The van der Waals surface area contributed by atoms with E-state index in [4.69, 9.17) is 0 Å². The summed E-state index contributed by atoms with van der Waals surface area (Å²) in [6.45, 7) is 2.34. The van der Waals surface area contributed by atoms with Crippen molar-refractivity contribution in [2.75, 3.05) is 31.1 Å². The van der Waals surface area contributed by atoms with Crippen LogP contribution >= 0.6 is 0 Å². The zero-order chi connectivity index (χ0) is 17.2. The number of hydrogen-bond acceptors (Lipinski definition) is 3. The molecule has 0 atom stereocenters. The lowest BCUT2D eigenvalue weighted by molar-refractivity contribution is 0.0741. The lowest BCUT2D eigenvalue weighted by atomic mass is 10.2. The van der Waals surface area contributed by atoms with E-state index in [-0.39, 0.29) is 11.7 Å². The van der Waals surface area contributed by atoms with Crippen LogP contribution in [0.1, 0.15) is 10.5 Å². The molecule has 0 bridgehead atoms. The molecule has 0 saturated carbocycles. The molecule has 0 radical (unpaired) electrons. The highest BCUT2D eigenvalue weighted by Crippen LogP contribution is 2.21. The van der Waals surface area contributed by atoms with Crippen LogP contribution in [0.4, 0.5) is 10.1 Å². The summed E-state index contributed by atoms with van der Waals surface area (Å²) in [5, 5.41) is 1.02. The van der Waals surface area contributed by atoms with Crippen molar-refractivity contribution < 1.29 is 9.18 Å². The molecule has 1 aliphatic heterocycles. The van der Waals surface area contributed by atoms with E-state index in [1.54, 1.807) is 23.1 Å². The lowest BCUT2D eigenvalue weighted by Crippen LogP contribution is -2.49. The number of nitrogens with zero attached hydrogens (tertiary/aromatic N) is 3. The molecule has 0 unspecified atom stereocenters. The standard InChI is InChI=1S/C20H18FN3O/c21-16-6-2-4-8-19(16)23-11-13-24(14-12-23)20(25)18-10-9-15-5-1-3-7-17(15)22-18/h1-10H,11-14H2. The number of rotatable bonds is 2. The molecule has 4 rings (SSSR count). The van der Waals surface area contributed by atoms with Crippen LogP contribution in [0, 0.1) is 5.82 Å². The molecular formula is C20H18FN3O. The fraction of sp³-hybridized carbons (Fsp3) is 0.200. The zero-order valence-corrected chi connectivity index (χ0v) is 13.7. The third-order valence-electron chi connectivity index (χ3n) is 4.58. The van der Waals surface area contributed by atoms with Crippen molar-refractivity contribution in [2.45, 2.75) is 0 Å². The zero-order valence-electron chi connectivity index (χ0n) is 13.7. The molecule has 4 nitrogen and oxygen atoms in total. The molecule has 126 valence electrons. The van der Waals surface area contributed by atoms with Gasteiger partial charge in [-0.3, -0.25) is 4.79 Å². The first kappa shape index (κ1) is 15.6. The van der Waals surface area contributed by atoms with Crippen LogP contribution in [0.25, 0.3) is 10.9 Å². The van der Waals surface area contributed by atoms with Crippen molar-refractivity contribution in [2.24, 2.45) is 0 Å². The smallest absolute Gasteiger partial charge is 0.272 e. The maximum absolute atomic E-state index is 13.9. The van der Waals surface area contributed by atoms with Crippen LogP contribution in [0.2, 0.25) is 0 Å². The minimum absolute atomic E-state index is 0.0704. The minimum atomic E-state index is -0.224. The number of pyridine rings is 1. The summed E-state index contributed by atoms with van der Waals surface area (Å²) in [6, 6.07) is 18.2. The van der Waals surface area contributed by atoms with Crippen molar-refractivity contribution in [3.05, 3.63) is 72.2 Å². The summed E-state index contributed by atoms with van der Waals surface area (Å²) >= 11 is 0. The number of hydrogen-bond donors (Lipinski definition) is 0. The van der Waals surface area contributed by atoms with E-state index in [1.165, 1.54) is 6.07 Å². The van der Waals surface area contributed by atoms with Gasteiger partial charge in [-0.1, -0.05) is 36.4 Å². The van der Waals surface area contributed by atoms with Gasteiger partial charge in [-0.05, 0) is 24.3 Å². The third kappa shape index (κ3) is 3.05. The highest BCUT2D eigenvalue weighted by atomic mass is 19.1. The number of piperazine rings is 1. The van der Waals surface area contributed by atoms with Gasteiger partial charge in [0.1, 0.15) is 11.5 Å².